The zero-order valence-corrected chi connectivity index (χ0v) is 12.5. The Morgan fingerprint density at radius 1 is 1.54 bits per heavy atom. The highest BCUT2D eigenvalue weighted by Crippen LogP contribution is 2.21. The van der Waals surface area contributed by atoms with Crippen LogP contribution in [0.15, 0.2) is 42.3 Å². The number of allylic oxidation sites excluding steroid dienone is 1. The van der Waals surface area contributed by atoms with Crippen molar-refractivity contribution >= 4 is 18.1 Å². The van der Waals surface area contributed by atoms with Crippen LogP contribution >= 0.6 is 0 Å². The van der Waals surface area contributed by atoms with Crippen molar-refractivity contribution in [2.75, 3.05) is 0 Å². The maximum absolute atomic E-state index is 11.7. The summed E-state index contributed by atoms with van der Waals surface area (Å²) in [5.41, 5.74) is 3.36. The quantitative estimate of drug-likeness (QED) is 0.333. The number of phenolic OH excluding ortho intramolecular Hbond substituents is 1. The topological polar surface area (TPSA) is 136 Å². The minimum atomic E-state index is -0.758. The third-order valence-corrected chi connectivity index (χ3v) is 2.90. The van der Waals surface area contributed by atoms with E-state index in [1.165, 1.54) is 6.21 Å². The van der Waals surface area contributed by atoms with Gasteiger partial charge >= 0.3 is 5.95 Å². The van der Waals surface area contributed by atoms with E-state index in [2.05, 4.69) is 27.2 Å². The molecule has 0 atom stereocenters. The molecular formula is C14H14N6O4. The molecule has 10 heteroatoms. The van der Waals surface area contributed by atoms with Crippen LogP contribution in [0.4, 0.5) is 5.95 Å². The van der Waals surface area contributed by atoms with E-state index in [1.54, 1.807) is 24.3 Å². The second-order valence-electron chi connectivity index (χ2n) is 4.64. The first-order chi connectivity index (χ1) is 11.5. The van der Waals surface area contributed by atoms with Gasteiger partial charge in [0.2, 0.25) is 6.33 Å². The van der Waals surface area contributed by atoms with Crippen molar-refractivity contribution in [3.8, 4) is 5.75 Å². The van der Waals surface area contributed by atoms with Crippen LogP contribution in [0.5, 0.6) is 5.75 Å². The number of para-hydroxylation sites is 1. The van der Waals surface area contributed by atoms with Gasteiger partial charge in [-0.3, -0.25) is 4.79 Å². The lowest BCUT2D eigenvalue weighted by Crippen LogP contribution is -2.23. The lowest BCUT2D eigenvalue weighted by atomic mass is 10.1. The van der Waals surface area contributed by atoms with Crippen molar-refractivity contribution in [2.45, 2.75) is 13.0 Å². The van der Waals surface area contributed by atoms with Crippen molar-refractivity contribution in [1.29, 1.82) is 0 Å². The highest BCUT2D eigenvalue weighted by molar-refractivity contribution is 5.85. The SMILES string of the molecule is C=CCc1cccc(/C=N\NC(=O)Cn2cnc([N+](=O)[O-])n2)c1O. The van der Waals surface area contributed by atoms with Gasteiger partial charge in [-0.1, -0.05) is 23.2 Å². The molecule has 0 saturated carbocycles. The summed E-state index contributed by atoms with van der Waals surface area (Å²) in [5, 5.41) is 27.7. The number of aromatic hydroxyl groups is 1. The molecule has 0 aliphatic heterocycles. The third-order valence-electron chi connectivity index (χ3n) is 2.90. The van der Waals surface area contributed by atoms with E-state index in [9.17, 15) is 20.0 Å². The molecule has 0 spiro atoms. The Morgan fingerprint density at radius 2 is 2.33 bits per heavy atom. The molecular weight excluding hydrogens is 316 g/mol. The fourth-order valence-electron chi connectivity index (χ4n) is 1.84. The molecule has 24 heavy (non-hydrogen) atoms. The average Bonchev–Trinajstić information content (AvgIpc) is 3.00. The molecule has 0 bridgehead atoms. The van der Waals surface area contributed by atoms with E-state index in [0.717, 1.165) is 11.0 Å². The minimum Gasteiger partial charge on any atom is -0.507 e. The summed E-state index contributed by atoms with van der Waals surface area (Å²) in [4.78, 5) is 24.8. The Kier molecular flexibility index (Phi) is 5.34. The van der Waals surface area contributed by atoms with Crippen molar-refractivity contribution in [1.82, 2.24) is 20.2 Å². The van der Waals surface area contributed by atoms with E-state index in [1.807, 2.05) is 0 Å². The van der Waals surface area contributed by atoms with Crippen molar-refractivity contribution in [3.63, 3.8) is 0 Å². The van der Waals surface area contributed by atoms with Crippen LogP contribution in [0.2, 0.25) is 0 Å². The predicted octanol–water partition coefficient (Wildman–Crippen LogP) is 0.771. The molecule has 2 N–H and O–H groups in total. The van der Waals surface area contributed by atoms with Crippen molar-refractivity contribution in [3.05, 3.63) is 58.4 Å². The van der Waals surface area contributed by atoms with E-state index >= 15 is 0 Å². The number of amides is 1. The lowest BCUT2D eigenvalue weighted by molar-refractivity contribution is -0.394. The zero-order chi connectivity index (χ0) is 17.5. The van der Waals surface area contributed by atoms with E-state index in [-0.39, 0.29) is 12.3 Å². The van der Waals surface area contributed by atoms with Crippen LogP contribution in [-0.2, 0) is 17.8 Å². The van der Waals surface area contributed by atoms with E-state index < -0.39 is 16.8 Å². The summed E-state index contributed by atoms with van der Waals surface area (Å²) in [5.74, 6) is -1.08. The van der Waals surface area contributed by atoms with Gasteiger partial charge in [0.15, 0.2) is 0 Å². The van der Waals surface area contributed by atoms with Crippen molar-refractivity contribution < 1.29 is 14.8 Å². The number of phenols is 1. The summed E-state index contributed by atoms with van der Waals surface area (Å²) >= 11 is 0. The average molecular weight is 330 g/mol. The number of nitro groups is 1. The monoisotopic (exact) mass is 330 g/mol. The molecule has 1 amide bonds. The Labute approximate surface area is 136 Å². The van der Waals surface area contributed by atoms with Gasteiger partial charge in [-0.2, -0.15) is 9.78 Å². The van der Waals surface area contributed by atoms with Crippen LogP contribution in [0.1, 0.15) is 11.1 Å². The third kappa shape index (κ3) is 4.22. The molecule has 2 aromatic rings. The van der Waals surface area contributed by atoms with Gasteiger partial charge < -0.3 is 15.2 Å². The van der Waals surface area contributed by atoms with Gasteiger partial charge in [-0.15, -0.1) is 6.58 Å². The molecule has 1 aromatic carbocycles. The molecule has 2 rings (SSSR count). The Bertz CT molecular complexity index is 798. The summed E-state index contributed by atoms with van der Waals surface area (Å²) in [7, 11) is 0. The molecule has 0 saturated heterocycles. The van der Waals surface area contributed by atoms with E-state index in [0.29, 0.717) is 17.5 Å². The van der Waals surface area contributed by atoms with Gasteiger partial charge in [0.1, 0.15) is 12.3 Å². The first-order valence-corrected chi connectivity index (χ1v) is 6.78. The highest BCUT2D eigenvalue weighted by atomic mass is 16.6. The number of nitrogens with one attached hydrogen (secondary N) is 1. The molecule has 0 aliphatic rings. The van der Waals surface area contributed by atoms with Crippen LogP contribution in [0.25, 0.3) is 0 Å². The molecule has 0 unspecified atom stereocenters. The first kappa shape index (κ1) is 16.8. The van der Waals surface area contributed by atoms with Gasteiger partial charge in [0, 0.05) is 10.7 Å². The smallest absolute Gasteiger partial charge is 0.490 e. The number of hydrogen-bond acceptors (Lipinski definition) is 7. The van der Waals surface area contributed by atoms with Crippen LogP contribution < -0.4 is 5.43 Å². The fourth-order valence-corrected chi connectivity index (χ4v) is 1.84. The Balaban J connectivity index is 1.95. The molecule has 1 aromatic heterocycles. The van der Waals surface area contributed by atoms with Crippen LogP contribution in [0.3, 0.4) is 0 Å². The Hall–Kier alpha value is -3.56. The number of hydrazone groups is 1. The normalized spacial score (nSPS) is 10.7. The Morgan fingerprint density at radius 3 is 3.00 bits per heavy atom. The van der Waals surface area contributed by atoms with Gasteiger partial charge in [-0.05, 0) is 23.0 Å². The second-order valence-corrected chi connectivity index (χ2v) is 4.64. The molecule has 0 fully saturated rings. The highest BCUT2D eigenvalue weighted by Gasteiger charge is 2.14. The molecule has 1 heterocycles. The summed E-state index contributed by atoms with van der Waals surface area (Å²) in [6.45, 7) is 3.33. The van der Waals surface area contributed by atoms with Gasteiger partial charge in [-0.25, -0.2) is 5.43 Å². The molecule has 10 nitrogen and oxygen atoms in total. The predicted molar refractivity (Wildman–Crippen MR) is 84.4 cm³/mol. The number of rotatable bonds is 7. The molecule has 0 radical (unpaired) electrons. The van der Waals surface area contributed by atoms with Crippen molar-refractivity contribution in [2.24, 2.45) is 5.10 Å². The number of aromatic nitrogens is 3. The second kappa shape index (κ2) is 7.63. The summed E-state index contributed by atoms with van der Waals surface area (Å²) < 4.78 is 1.02. The number of carbonyl (C=O) groups excluding carboxylic acids is 1. The summed E-state index contributed by atoms with van der Waals surface area (Å²) in [6, 6.07) is 5.14. The molecule has 124 valence electrons. The standard InChI is InChI=1S/C14H14N6O4/c1-2-4-10-5-3-6-11(13(10)22)7-16-17-12(21)8-19-9-15-14(18-19)20(23)24/h2-3,5-7,9,22H,1,4,8H2,(H,17,21)/b16-7-. The summed E-state index contributed by atoms with van der Waals surface area (Å²) in [6.07, 6.45) is 4.54. The molecule has 0 aliphatic carbocycles. The van der Waals surface area contributed by atoms with Crippen LogP contribution in [0, 0.1) is 10.1 Å². The number of nitrogens with zero attached hydrogens (tertiary/aromatic N) is 5. The fraction of sp³-hybridized carbons (Fsp3) is 0.143. The lowest BCUT2D eigenvalue weighted by Gasteiger charge is -2.04. The maximum atomic E-state index is 11.7. The van der Waals surface area contributed by atoms with Gasteiger partial charge in [0.05, 0.1) is 6.21 Å². The number of carbonyl (C=O) groups is 1. The number of benzene rings is 1. The zero-order valence-electron chi connectivity index (χ0n) is 12.5. The number of hydrogen-bond donors (Lipinski definition) is 2. The van der Waals surface area contributed by atoms with Crippen LogP contribution in [-0.4, -0.2) is 36.9 Å². The first-order valence-electron chi connectivity index (χ1n) is 6.78. The van der Waals surface area contributed by atoms with E-state index in [4.69, 9.17) is 0 Å². The minimum absolute atomic E-state index is 0.0577. The maximum Gasteiger partial charge on any atom is 0.490 e. The van der Waals surface area contributed by atoms with Gasteiger partial charge in [0.25, 0.3) is 5.91 Å². The largest absolute Gasteiger partial charge is 0.507 e.